The van der Waals surface area contributed by atoms with Crippen LogP contribution in [0.4, 0.5) is 5.69 Å². The van der Waals surface area contributed by atoms with Crippen LogP contribution in [0.2, 0.25) is 0 Å². The zero-order valence-electron chi connectivity index (χ0n) is 11.6. The number of rotatable bonds is 5. The van der Waals surface area contributed by atoms with Crippen LogP contribution in [0.1, 0.15) is 19.4 Å². The van der Waals surface area contributed by atoms with Crippen molar-refractivity contribution >= 4 is 28.8 Å². The first-order valence-corrected chi connectivity index (χ1v) is 6.50. The number of hydrogen-bond acceptors (Lipinski definition) is 3. The van der Waals surface area contributed by atoms with Gasteiger partial charge in [0.25, 0.3) is 6.47 Å². The molecule has 0 fully saturated rings. The summed E-state index contributed by atoms with van der Waals surface area (Å²) in [5, 5.41) is 4.83. The van der Waals surface area contributed by atoms with E-state index in [0.717, 1.165) is 22.0 Å². The number of carbonyl (C=O) groups excluding carboxylic acids is 2. The van der Waals surface area contributed by atoms with Gasteiger partial charge in [-0.25, -0.2) is 0 Å². The number of hydrogen-bond donors (Lipinski definition) is 1. The van der Waals surface area contributed by atoms with Gasteiger partial charge in [0, 0.05) is 17.0 Å². The molecule has 0 aliphatic rings. The minimum atomic E-state index is -0.0938. The first kappa shape index (κ1) is 14.1. The SMILES string of the molecule is CC(C)C(=O)Nc1cccc2cccc(COC=O)c12. The van der Waals surface area contributed by atoms with E-state index in [2.05, 4.69) is 5.32 Å². The fourth-order valence-corrected chi connectivity index (χ4v) is 2.04. The lowest BCUT2D eigenvalue weighted by atomic mass is 10.0. The zero-order valence-corrected chi connectivity index (χ0v) is 11.6. The molecular weight excluding hydrogens is 254 g/mol. The van der Waals surface area contributed by atoms with Gasteiger partial charge >= 0.3 is 0 Å². The summed E-state index contributed by atoms with van der Waals surface area (Å²) in [4.78, 5) is 22.3. The van der Waals surface area contributed by atoms with Crippen LogP contribution >= 0.6 is 0 Å². The number of benzene rings is 2. The van der Waals surface area contributed by atoms with E-state index < -0.39 is 0 Å². The quantitative estimate of drug-likeness (QED) is 0.850. The number of nitrogens with one attached hydrogen (secondary N) is 1. The minimum absolute atomic E-state index is 0.0383. The molecule has 1 amide bonds. The second-order valence-corrected chi connectivity index (χ2v) is 4.87. The summed E-state index contributed by atoms with van der Waals surface area (Å²) in [6.07, 6.45) is 0. The maximum absolute atomic E-state index is 11.9. The summed E-state index contributed by atoms with van der Waals surface area (Å²) >= 11 is 0. The van der Waals surface area contributed by atoms with Crippen molar-refractivity contribution < 1.29 is 14.3 Å². The third-order valence-electron chi connectivity index (χ3n) is 3.08. The summed E-state index contributed by atoms with van der Waals surface area (Å²) in [6, 6.07) is 11.5. The van der Waals surface area contributed by atoms with Gasteiger partial charge in [-0.2, -0.15) is 0 Å². The Morgan fingerprint density at radius 2 is 1.95 bits per heavy atom. The standard InChI is InChI=1S/C16H17NO3/c1-11(2)16(19)17-14-8-4-6-12-5-3-7-13(15(12)14)9-20-10-18/h3-8,10-11H,9H2,1-2H3,(H,17,19). The fraction of sp³-hybridized carbons (Fsp3) is 0.250. The molecule has 0 spiro atoms. The number of anilines is 1. The molecule has 4 nitrogen and oxygen atoms in total. The molecule has 2 aromatic carbocycles. The predicted octanol–water partition coefficient (Wildman–Crippen LogP) is 3.11. The van der Waals surface area contributed by atoms with E-state index in [1.54, 1.807) is 0 Å². The highest BCUT2D eigenvalue weighted by Crippen LogP contribution is 2.28. The zero-order chi connectivity index (χ0) is 14.5. The first-order valence-electron chi connectivity index (χ1n) is 6.50. The summed E-state index contributed by atoms with van der Waals surface area (Å²) in [6.45, 7) is 4.30. The van der Waals surface area contributed by atoms with Gasteiger partial charge in [-0.05, 0) is 17.0 Å². The van der Waals surface area contributed by atoms with Gasteiger partial charge in [0.15, 0.2) is 0 Å². The monoisotopic (exact) mass is 271 g/mol. The molecule has 4 heteroatoms. The largest absolute Gasteiger partial charge is 0.463 e. The van der Waals surface area contributed by atoms with Crippen molar-refractivity contribution in [3.8, 4) is 0 Å². The highest BCUT2D eigenvalue weighted by Gasteiger charge is 2.11. The van der Waals surface area contributed by atoms with Crippen LogP contribution in [0.5, 0.6) is 0 Å². The molecular formula is C16H17NO3. The Hall–Kier alpha value is -2.36. The van der Waals surface area contributed by atoms with Crippen molar-refractivity contribution in [3.05, 3.63) is 42.0 Å². The van der Waals surface area contributed by atoms with Crippen LogP contribution < -0.4 is 5.32 Å². The first-order chi connectivity index (χ1) is 9.63. The molecule has 0 unspecified atom stereocenters. The highest BCUT2D eigenvalue weighted by molar-refractivity contribution is 6.04. The topological polar surface area (TPSA) is 55.4 Å². The molecule has 0 heterocycles. The maximum Gasteiger partial charge on any atom is 0.293 e. The van der Waals surface area contributed by atoms with E-state index in [4.69, 9.17) is 4.74 Å². The molecule has 2 rings (SSSR count). The number of fused-ring (bicyclic) bond motifs is 1. The minimum Gasteiger partial charge on any atom is -0.463 e. The maximum atomic E-state index is 11.9. The van der Waals surface area contributed by atoms with E-state index in [-0.39, 0.29) is 18.4 Å². The van der Waals surface area contributed by atoms with Gasteiger partial charge in [-0.3, -0.25) is 9.59 Å². The van der Waals surface area contributed by atoms with Crippen molar-refractivity contribution in [2.45, 2.75) is 20.5 Å². The molecule has 2 aromatic rings. The van der Waals surface area contributed by atoms with E-state index in [1.165, 1.54) is 0 Å². The summed E-state index contributed by atoms with van der Waals surface area (Å²) in [7, 11) is 0. The van der Waals surface area contributed by atoms with Gasteiger partial charge in [0.2, 0.25) is 5.91 Å². The molecule has 0 atom stereocenters. The van der Waals surface area contributed by atoms with Gasteiger partial charge < -0.3 is 10.1 Å². The van der Waals surface area contributed by atoms with Crippen molar-refractivity contribution in [1.29, 1.82) is 0 Å². The Kier molecular flexibility index (Phi) is 4.35. The Labute approximate surface area is 117 Å². The lowest BCUT2D eigenvalue weighted by molar-refractivity contribution is -0.129. The molecule has 0 bridgehead atoms. The Balaban J connectivity index is 2.47. The Morgan fingerprint density at radius 3 is 2.60 bits per heavy atom. The van der Waals surface area contributed by atoms with Crippen LogP contribution in [-0.4, -0.2) is 12.4 Å². The Bertz CT molecular complexity index is 629. The van der Waals surface area contributed by atoms with Crippen molar-refractivity contribution in [2.75, 3.05) is 5.32 Å². The molecule has 0 radical (unpaired) electrons. The van der Waals surface area contributed by atoms with Gasteiger partial charge in [0.1, 0.15) is 6.61 Å². The smallest absolute Gasteiger partial charge is 0.293 e. The van der Waals surface area contributed by atoms with Crippen LogP contribution in [0, 0.1) is 5.92 Å². The second kappa shape index (κ2) is 6.19. The van der Waals surface area contributed by atoms with Crippen LogP contribution in [0.15, 0.2) is 36.4 Å². The predicted molar refractivity (Wildman–Crippen MR) is 78.3 cm³/mol. The molecule has 1 N–H and O–H groups in total. The second-order valence-electron chi connectivity index (χ2n) is 4.87. The number of ether oxygens (including phenoxy) is 1. The highest BCUT2D eigenvalue weighted by atomic mass is 16.5. The van der Waals surface area contributed by atoms with Crippen molar-refractivity contribution in [2.24, 2.45) is 5.92 Å². The van der Waals surface area contributed by atoms with Crippen LogP contribution in [0.3, 0.4) is 0 Å². The Morgan fingerprint density at radius 1 is 1.25 bits per heavy atom. The molecule has 0 aliphatic heterocycles. The number of carbonyl (C=O) groups is 2. The fourth-order valence-electron chi connectivity index (χ4n) is 2.04. The van der Waals surface area contributed by atoms with E-state index in [9.17, 15) is 9.59 Å². The lowest BCUT2D eigenvalue weighted by Crippen LogP contribution is -2.18. The van der Waals surface area contributed by atoms with E-state index >= 15 is 0 Å². The van der Waals surface area contributed by atoms with E-state index in [1.807, 2.05) is 50.2 Å². The van der Waals surface area contributed by atoms with Crippen LogP contribution in [-0.2, 0) is 20.9 Å². The average molecular weight is 271 g/mol. The van der Waals surface area contributed by atoms with Gasteiger partial charge in [-0.1, -0.05) is 44.2 Å². The van der Waals surface area contributed by atoms with Crippen molar-refractivity contribution in [3.63, 3.8) is 0 Å². The number of amides is 1. The van der Waals surface area contributed by atoms with Crippen molar-refractivity contribution in [1.82, 2.24) is 0 Å². The molecule has 0 aliphatic carbocycles. The van der Waals surface area contributed by atoms with E-state index in [0.29, 0.717) is 6.47 Å². The molecule has 0 aromatic heterocycles. The average Bonchev–Trinajstić information content (AvgIpc) is 2.45. The molecule has 0 saturated carbocycles. The summed E-state index contributed by atoms with van der Waals surface area (Å²) in [5.74, 6) is -0.132. The van der Waals surface area contributed by atoms with Gasteiger partial charge in [0.05, 0.1) is 0 Å². The summed E-state index contributed by atoms with van der Waals surface area (Å²) in [5.41, 5.74) is 1.61. The third kappa shape index (κ3) is 2.96. The molecule has 0 saturated heterocycles. The van der Waals surface area contributed by atoms with Gasteiger partial charge in [-0.15, -0.1) is 0 Å². The molecule has 20 heavy (non-hydrogen) atoms. The normalized spacial score (nSPS) is 10.6. The van der Waals surface area contributed by atoms with Crippen LogP contribution in [0.25, 0.3) is 10.8 Å². The summed E-state index contributed by atoms with van der Waals surface area (Å²) < 4.78 is 4.84. The lowest BCUT2D eigenvalue weighted by Gasteiger charge is -2.13. The third-order valence-corrected chi connectivity index (χ3v) is 3.08. The molecule has 104 valence electrons.